The van der Waals surface area contributed by atoms with Crippen LogP contribution in [0.2, 0.25) is 0 Å². The Morgan fingerprint density at radius 3 is 2.16 bits per heavy atom. The summed E-state index contributed by atoms with van der Waals surface area (Å²) in [7, 11) is 0. The van der Waals surface area contributed by atoms with Gasteiger partial charge < -0.3 is 14.2 Å². The van der Waals surface area contributed by atoms with E-state index in [1.54, 1.807) is 0 Å². The monoisotopic (exact) mass is 338 g/mol. The minimum absolute atomic E-state index is 0.0623. The molecule has 132 valence electrons. The minimum Gasteiger partial charge on any atom is -0.465 e. The second kappa shape index (κ2) is 7.42. The van der Waals surface area contributed by atoms with Gasteiger partial charge in [0, 0.05) is 17.4 Å². The first-order valence-corrected chi connectivity index (χ1v) is 8.70. The van der Waals surface area contributed by atoms with Crippen LogP contribution in [0.4, 0.5) is 0 Å². The topological polar surface area (TPSA) is 27.7 Å². The summed E-state index contributed by atoms with van der Waals surface area (Å²) in [5.41, 5.74) is 1.95. The summed E-state index contributed by atoms with van der Waals surface area (Å²) in [5, 5.41) is 0. The van der Waals surface area contributed by atoms with Crippen molar-refractivity contribution in [3.05, 3.63) is 78.4 Å². The maximum absolute atomic E-state index is 6.22. The van der Waals surface area contributed by atoms with Crippen LogP contribution in [0.25, 0.3) is 5.76 Å². The van der Waals surface area contributed by atoms with Gasteiger partial charge in [-0.1, -0.05) is 88.0 Å². The zero-order valence-electron chi connectivity index (χ0n) is 15.1. The highest BCUT2D eigenvalue weighted by Gasteiger charge is 2.38. The molecule has 3 heteroatoms. The Kier molecular flexibility index (Phi) is 5.26. The lowest BCUT2D eigenvalue weighted by molar-refractivity contribution is -0.322. The molecule has 3 atom stereocenters. The molecule has 0 bridgehead atoms. The van der Waals surface area contributed by atoms with Crippen LogP contribution in [-0.4, -0.2) is 12.6 Å². The van der Waals surface area contributed by atoms with Gasteiger partial charge in [0.05, 0.1) is 6.10 Å². The van der Waals surface area contributed by atoms with Crippen molar-refractivity contribution in [2.75, 3.05) is 0 Å². The van der Waals surface area contributed by atoms with Crippen molar-refractivity contribution in [2.45, 2.75) is 45.9 Å². The average molecular weight is 338 g/mol. The summed E-state index contributed by atoms with van der Waals surface area (Å²) in [6.07, 6.45) is -0.175. The molecule has 3 nitrogen and oxygen atoms in total. The second-order valence-electron chi connectivity index (χ2n) is 7.44. The van der Waals surface area contributed by atoms with Crippen LogP contribution >= 0.6 is 0 Å². The first kappa shape index (κ1) is 17.7. The van der Waals surface area contributed by atoms with Crippen molar-refractivity contribution in [3.63, 3.8) is 0 Å². The van der Waals surface area contributed by atoms with E-state index < -0.39 is 6.29 Å². The molecular formula is C22H26O3. The zero-order valence-corrected chi connectivity index (χ0v) is 15.1. The summed E-state index contributed by atoms with van der Waals surface area (Å²) in [6, 6.07) is 20.1. The molecule has 1 heterocycles. The normalized spacial score (nSPS) is 23.9. The number of benzene rings is 2. The summed E-state index contributed by atoms with van der Waals surface area (Å²) >= 11 is 0. The van der Waals surface area contributed by atoms with Crippen LogP contribution in [0.3, 0.4) is 0 Å². The molecule has 25 heavy (non-hydrogen) atoms. The molecule has 0 aromatic heterocycles. The molecule has 0 radical (unpaired) electrons. The number of hydrogen-bond acceptors (Lipinski definition) is 3. The van der Waals surface area contributed by atoms with E-state index in [9.17, 15) is 0 Å². The van der Waals surface area contributed by atoms with Crippen molar-refractivity contribution >= 4 is 5.76 Å². The van der Waals surface area contributed by atoms with Crippen LogP contribution in [-0.2, 0) is 14.2 Å². The molecule has 1 saturated heterocycles. The molecule has 0 spiro atoms. The van der Waals surface area contributed by atoms with Gasteiger partial charge in [-0.25, -0.2) is 0 Å². The highest BCUT2D eigenvalue weighted by molar-refractivity contribution is 5.57. The summed E-state index contributed by atoms with van der Waals surface area (Å²) < 4.78 is 18.4. The van der Waals surface area contributed by atoms with E-state index >= 15 is 0 Å². The molecule has 2 aromatic carbocycles. The summed E-state index contributed by atoms with van der Waals surface area (Å²) in [5.74, 6) is 0.618. The third-order valence-electron chi connectivity index (χ3n) is 4.22. The molecule has 0 N–H and O–H groups in total. The predicted octanol–water partition coefficient (Wildman–Crippen LogP) is 5.55. The van der Waals surface area contributed by atoms with Gasteiger partial charge in [0.25, 0.3) is 0 Å². The summed E-state index contributed by atoms with van der Waals surface area (Å²) in [6.45, 7) is 10.4. The third kappa shape index (κ3) is 4.50. The molecule has 0 amide bonds. The lowest BCUT2D eigenvalue weighted by atomic mass is 9.94. The predicted molar refractivity (Wildman–Crippen MR) is 99.6 cm³/mol. The fourth-order valence-corrected chi connectivity index (χ4v) is 2.82. The lowest BCUT2D eigenvalue weighted by Gasteiger charge is -2.41. The number of ether oxygens (including phenoxy) is 3. The Morgan fingerprint density at radius 2 is 1.56 bits per heavy atom. The molecule has 2 aromatic rings. The van der Waals surface area contributed by atoms with Crippen LogP contribution < -0.4 is 0 Å². The molecular weight excluding hydrogens is 312 g/mol. The van der Waals surface area contributed by atoms with Crippen molar-refractivity contribution < 1.29 is 14.2 Å². The number of hydrogen-bond donors (Lipinski definition) is 0. The molecule has 1 aliphatic heterocycles. The molecule has 1 aliphatic rings. The molecule has 3 rings (SSSR count). The van der Waals surface area contributed by atoms with Gasteiger partial charge in [0.2, 0.25) is 6.29 Å². The van der Waals surface area contributed by atoms with E-state index in [4.69, 9.17) is 14.2 Å². The highest BCUT2D eigenvalue weighted by atomic mass is 16.8. The third-order valence-corrected chi connectivity index (χ3v) is 4.22. The van der Waals surface area contributed by atoms with Gasteiger partial charge in [0.1, 0.15) is 5.76 Å². The SMILES string of the molecule is C=C(O[C@@H]1C[C@H](c2ccccc2)O[C@H](C(C)(C)C)O1)c1ccccc1. The van der Waals surface area contributed by atoms with Gasteiger partial charge in [-0.15, -0.1) is 0 Å². The van der Waals surface area contributed by atoms with E-state index in [1.165, 1.54) is 0 Å². The highest BCUT2D eigenvalue weighted by Crippen LogP contribution is 2.38. The van der Waals surface area contributed by atoms with E-state index in [1.807, 2.05) is 48.5 Å². The minimum atomic E-state index is -0.393. The summed E-state index contributed by atoms with van der Waals surface area (Å²) in [4.78, 5) is 0. The van der Waals surface area contributed by atoms with Crippen LogP contribution in [0, 0.1) is 5.41 Å². The Bertz CT molecular complexity index is 688. The quantitative estimate of drug-likeness (QED) is 0.684. The van der Waals surface area contributed by atoms with Crippen LogP contribution in [0.5, 0.6) is 0 Å². The largest absolute Gasteiger partial charge is 0.465 e. The fraction of sp³-hybridized carbons (Fsp3) is 0.364. The van der Waals surface area contributed by atoms with Crippen molar-refractivity contribution in [2.24, 2.45) is 5.41 Å². The maximum atomic E-state index is 6.22. The van der Waals surface area contributed by atoms with Crippen molar-refractivity contribution in [3.8, 4) is 0 Å². The Morgan fingerprint density at radius 1 is 0.960 bits per heavy atom. The van der Waals surface area contributed by atoms with Gasteiger partial charge in [-0.3, -0.25) is 0 Å². The van der Waals surface area contributed by atoms with E-state index in [2.05, 4.69) is 39.5 Å². The Hall–Kier alpha value is -2.10. The van der Waals surface area contributed by atoms with Crippen LogP contribution in [0.1, 0.15) is 44.4 Å². The molecule has 0 aliphatic carbocycles. The first-order valence-electron chi connectivity index (χ1n) is 8.70. The van der Waals surface area contributed by atoms with E-state index in [0.29, 0.717) is 12.2 Å². The van der Waals surface area contributed by atoms with E-state index in [0.717, 1.165) is 11.1 Å². The van der Waals surface area contributed by atoms with Crippen molar-refractivity contribution in [1.82, 2.24) is 0 Å². The van der Waals surface area contributed by atoms with Gasteiger partial charge in [-0.2, -0.15) is 0 Å². The number of rotatable bonds is 4. The Labute approximate surface area is 150 Å². The first-order chi connectivity index (χ1) is 11.9. The molecule has 0 unspecified atom stereocenters. The lowest BCUT2D eigenvalue weighted by Crippen LogP contribution is -2.42. The standard InChI is InChI=1S/C22H26O3/c1-16(17-11-7-5-8-12-17)23-20-15-19(18-13-9-6-10-14-18)24-21(25-20)22(2,3)4/h5-14,19-21H,1,15H2,2-4H3/t19-,20+,21+/m1/s1. The van der Waals surface area contributed by atoms with Gasteiger partial charge in [-0.05, 0) is 5.56 Å². The van der Waals surface area contributed by atoms with Gasteiger partial charge >= 0.3 is 0 Å². The average Bonchev–Trinajstić information content (AvgIpc) is 2.62. The van der Waals surface area contributed by atoms with Gasteiger partial charge in [0.15, 0.2) is 6.29 Å². The van der Waals surface area contributed by atoms with Crippen LogP contribution in [0.15, 0.2) is 67.2 Å². The van der Waals surface area contributed by atoms with Crippen molar-refractivity contribution in [1.29, 1.82) is 0 Å². The zero-order chi connectivity index (χ0) is 17.9. The van der Waals surface area contributed by atoms with E-state index in [-0.39, 0.29) is 17.8 Å². The Balaban J connectivity index is 1.77. The smallest absolute Gasteiger partial charge is 0.205 e. The molecule has 1 fully saturated rings. The fourth-order valence-electron chi connectivity index (χ4n) is 2.82. The molecule has 0 saturated carbocycles. The second-order valence-corrected chi connectivity index (χ2v) is 7.44. The maximum Gasteiger partial charge on any atom is 0.205 e.